The summed E-state index contributed by atoms with van der Waals surface area (Å²) in [7, 11) is 0. The van der Waals surface area contributed by atoms with Crippen molar-refractivity contribution in [2.75, 3.05) is 13.1 Å². The Hall–Kier alpha value is -0.670. The van der Waals surface area contributed by atoms with Crippen molar-refractivity contribution in [2.45, 2.75) is 32.6 Å². The van der Waals surface area contributed by atoms with Gasteiger partial charge in [-0.2, -0.15) is 0 Å². The molecule has 0 aliphatic carbocycles. The number of Topliss-reactive ketones (excluding diaryl/α,β-unsaturated/α-hetero) is 1. The molecular weight excluding hydrogens is 218 g/mol. The summed E-state index contributed by atoms with van der Waals surface area (Å²) in [6.07, 6.45) is 3.77. The highest BCUT2D eigenvalue weighted by Crippen LogP contribution is 2.32. The van der Waals surface area contributed by atoms with E-state index in [-0.39, 0.29) is 5.41 Å². The molecule has 1 aliphatic rings. The minimum atomic E-state index is -0.0950. The summed E-state index contributed by atoms with van der Waals surface area (Å²) in [5, 5.41) is 5.41. The summed E-state index contributed by atoms with van der Waals surface area (Å²) in [5.74, 6) is 0.421. The van der Waals surface area contributed by atoms with Crippen molar-refractivity contribution in [1.82, 2.24) is 5.32 Å². The lowest BCUT2D eigenvalue weighted by atomic mass is 9.74. The average Bonchev–Trinajstić information content (AvgIpc) is 2.82. The number of carbonyl (C=O) groups excluding carboxylic acids is 1. The summed E-state index contributed by atoms with van der Waals surface area (Å²) >= 11 is 1.68. The average molecular weight is 237 g/mol. The van der Waals surface area contributed by atoms with Crippen molar-refractivity contribution in [3.63, 3.8) is 0 Å². The SMILES string of the molecule is CCC1(C(=O)Cc2cccs2)CCCNC1. The number of carbonyl (C=O) groups is 1. The summed E-state index contributed by atoms with van der Waals surface area (Å²) in [5.41, 5.74) is -0.0950. The standard InChI is InChI=1S/C13H19NOS/c1-2-13(6-4-7-14-10-13)12(15)9-11-5-3-8-16-11/h3,5,8,14H,2,4,6-7,9-10H2,1H3. The van der Waals surface area contributed by atoms with Gasteiger partial charge in [-0.3, -0.25) is 4.79 Å². The van der Waals surface area contributed by atoms with Crippen LogP contribution in [0.25, 0.3) is 0 Å². The Kier molecular flexibility index (Phi) is 3.77. The van der Waals surface area contributed by atoms with Crippen molar-refractivity contribution in [1.29, 1.82) is 0 Å². The predicted molar refractivity (Wildman–Crippen MR) is 67.9 cm³/mol. The third-order valence-corrected chi connectivity index (χ3v) is 4.53. The van der Waals surface area contributed by atoms with E-state index in [0.717, 1.165) is 32.4 Å². The summed E-state index contributed by atoms with van der Waals surface area (Å²) in [6.45, 7) is 4.07. The topological polar surface area (TPSA) is 29.1 Å². The molecule has 1 fully saturated rings. The van der Waals surface area contributed by atoms with Crippen molar-refractivity contribution >= 4 is 17.1 Å². The molecule has 2 rings (SSSR count). The first-order chi connectivity index (χ1) is 7.77. The fourth-order valence-electron chi connectivity index (χ4n) is 2.46. The van der Waals surface area contributed by atoms with Gasteiger partial charge in [-0.25, -0.2) is 0 Å². The maximum atomic E-state index is 12.4. The summed E-state index contributed by atoms with van der Waals surface area (Å²) in [4.78, 5) is 13.6. The first kappa shape index (κ1) is 11.8. The lowest BCUT2D eigenvalue weighted by Crippen LogP contribution is -2.45. The highest BCUT2D eigenvalue weighted by molar-refractivity contribution is 7.10. The van der Waals surface area contributed by atoms with Gasteiger partial charge in [0, 0.05) is 23.3 Å². The molecule has 0 saturated carbocycles. The maximum absolute atomic E-state index is 12.4. The molecule has 1 unspecified atom stereocenters. The molecule has 1 N–H and O–H groups in total. The van der Waals surface area contributed by atoms with E-state index in [0.29, 0.717) is 12.2 Å². The zero-order chi connectivity index (χ0) is 11.4. The van der Waals surface area contributed by atoms with Gasteiger partial charge >= 0.3 is 0 Å². The number of hydrogen-bond acceptors (Lipinski definition) is 3. The number of rotatable bonds is 4. The van der Waals surface area contributed by atoms with Crippen LogP contribution in [0.2, 0.25) is 0 Å². The van der Waals surface area contributed by atoms with Crippen molar-refractivity contribution in [3.05, 3.63) is 22.4 Å². The quantitative estimate of drug-likeness (QED) is 0.872. The molecule has 0 amide bonds. The third-order valence-electron chi connectivity index (χ3n) is 3.66. The Morgan fingerprint density at radius 1 is 1.62 bits per heavy atom. The van der Waals surface area contributed by atoms with Crippen LogP contribution in [0.1, 0.15) is 31.1 Å². The van der Waals surface area contributed by atoms with E-state index in [1.54, 1.807) is 11.3 Å². The molecule has 3 heteroatoms. The minimum Gasteiger partial charge on any atom is -0.316 e. The zero-order valence-corrected chi connectivity index (χ0v) is 10.6. The number of ketones is 1. The molecule has 1 saturated heterocycles. The third kappa shape index (κ3) is 2.36. The van der Waals surface area contributed by atoms with Gasteiger partial charge in [0.25, 0.3) is 0 Å². The Morgan fingerprint density at radius 2 is 2.50 bits per heavy atom. The van der Waals surface area contributed by atoms with E-state index >= 15 is 0 Å². The summed E-state index contributed by atoms with van der Waals surface area (Å²) < 4.78 is 0. The second kappa shape index (κ2) is 5.11. The molecule has 16 heavy (non-hydrogen) atoms. The van der Waals surface area contributed by atoms with Crippen molar-refractivity contribution < 1.29 is 4.79 Å². The molecule has 0 radical (unpaired) electrons. The summed E-state index contributed by atoms with van der Waals surface area (Å²) in [6, 6.07) is 4.08. The number of nitrogens with one attached hydrogen (secondary N) is 1. The van der Waals surface area contributed by atoms with Gasteiger partial charge in [-0.1, -0.05) is 13.0 Å². The van der Waals surface area contributed by atoms with Crippen LogP contribution in [0.15, 0.2) is 17.5 Å². The molecular formula is C13H19NOS. The fourth-order valence-corrected chi connectivity index (χ4v) is 3.17. The van der Waals surface area contributed by atoms with E-state index in [1.165, 1.54) is 4.88 Å². The van der Waals surface area contributed by atoms with Gasteiger partial charge in [0.15, 0.2) is 0 Å². The molecule has 0 aromatic carbocycles. The van der Waals surface area contributed by atoms with E-state index in [2.05, 4.69) is 18.3 Å². The molecule has 1 aromatic heterocycles. The van der Waals surface area contributed by atoms with Crippen LogP contribution in [0.5, 0.6) is 0 Å². The van der Waals surface area contributed by atoms with E-state index < -0.39 is 0 Å². The first-order valence-corrected chi connectivity index (χ1v) is 6.91. The smallest absolute Gasteiger partial charge is 0.145 e. The molecule has 88 valence electrons. The van der Waals surface area contributed by atoms with E-state index in [1.807, 2.05) is 11.4 Å². The van der Waals surface area contributed by atoms with E-state index in [4.69, 9.17) is 0 Å². The van der Waals surface area contributed by atoms with Crippen LogP contribution in [0.3, 0.4) is 0 Å². The van der Waals surface area contributed by atoms with Gasteiger partial charge in [0.2, 0.25) is 0 Å². The molecule has 1 aliphatic heterocycles. The number of piperidine rings is 1. The Balaban J connectivity index is 2.06. The number of thiophene rings is 1. The number of hydrogen-bond donors (Lipinski definition) is 1. The normalized spacial score (nSPS) is 25.6. The molecule has 0 bridgehead atoms. The Labute approximate surface area is 101 Å². The van der Waals surface area contributed by atoms with Crippen LogP contribution >= 0.6 is 11.3 Å². The minimum absolute atomic E-state index is 0.0950. The lowest BCUT2D eigenvalue weighted by Gasteiger charge is -2.35. The zero-order valence-electron chi connectivity index (χ0n) is 9.79. The monoisotopic (exact) mass is 237 g/mol. The molecule has 1 atom stereocenters. The van der Waals surface area contributed by atoms with Crippen molar-refractivity contribution in [3.8, 4) is 0 Å². The molecule has 2 nitrogen and oxygen atoms in total. The highest BCUT2D eigenvalue weighted by Gasteiger charge is 2.37. The Morgan fingerprint density at radius 3 is 3.06 bits per heavy atom. The maximum Gasteiger partial charge on any atom is 0.145 e. The van der Waals surface area contributed by atoms with Crippen LogP contribution < -0.4 is 5.32 Å². The largest absolute Gasteiger partial charge is 0.316 e. The van der Waals surface area contributed by atoms with Crippen LogP contribution in [-0.2, 0) is 11.2 Å². The highest BCUT2D eigenvalue weighted by atomic mass is 32.1. The van der Waals surface area contributed by atoms with Gasteiger partial charge in [0.1, 0.15) is 5.78 Å². The fraction of sp³-hybridized carbons (Fsp3) is 0.615. The van der Waals surface area contributed by atoms with Crippen molar-refractivity contribution in [2.24, 2.45) is 5.41 Å². The second-order valence-electron chi connectivity index (χ2n) is 4.59. The molecule has 0 spiro atoms. The van der Waals surface area contributed by atoms with Crippen LogP contribution in [-0.4, -0.2) is 18.9 Å². The lowest BCUT2D eigenvalue weighted by molar-refractivity contribution is -0.129. The second-order valence-corrected chi connectivity index (χ2v) is 5.63. The van der Waals surface area contributed by atoms with Gasteiger partial charge in [-0.05, 0) is 37.3 Å². The van der Waals surface area contributed by atoms with Crippen LogP contribution in [0, 0.1) is 5.41 Å². The van der Waals surface area contributed by atoms with E-state index in [9.17, 15) is 4.79 Å². The van der Waals surface area contributed by atoms with Gasteiger partial charge in [-0.15, -0.1) is 11.3 Å². The first-order valence-electron chi connectivity index (χ1n) is 6.03. The van der Waals surface area contributed by atoms with Gasteiger partial charge in [0.05, 0.1) is 0 Å². The Bertz CT molecular complexity index is 339. The van der Waals surface area contributed by atoms with Gasteiger partial charge < -0.3 is 5.32 Å². The van der Waals surface area contributed by atoms with Crippen LogP contribution in [0.4, 0.5) is 0 Å². The molecule has 2 heterocycles. The predicted octanol–water partition coefficient (Wildman–Crippen LogP) is 2.64. The molecule has 1 aromatic rings.